The van der Waals surface area contributed by atoms with E-state index in [0.29, 0.717) is 31.2 Å². The fourth-order valence-electron chi connectivity index (χ4n) is 2.07. The van der Waals surface area contributed by atoms with Gasteiger partial charge in [-0.2, -0.15) is 0 Å². The lowest BCUT2D eigenvalue weighted by atomic mass is 10.3. The van der Waals surface area contributed by atoms with Crippen LogP contribution in [0, 0.1) is 0 Å². The molecular weight excluding hydrogens is 296 g/mol. The zero-order valence-electron chi connectivity index (χ0n) is 11.3. The third kappa shape index (κ3) is 3.90. The van der Waals surface area contributed by atoms with Crippen molar-refractivity contribution < 1.29 is 9.59 Å². The first-order valence-electron chi connectivity index (χ1n) is 6.50. The van der Waals surface area contributed by atoms with E-state index >= 15 is 0 Å². The Morgan fingerprint density at radius 1 is 1.25 bits per heavy atom. The highest BCUT2D eigenvalue weighted by Crippen LogP contribution is 2.26. The maximum atomic E-state index is 12.3. The number of carbonyl (C=O) groups excluding carboxylic acids is 2. The third-order valence-electron chi connectivity index (χ3n) is 3.25. The average Bonchev–Trinajstić information content (AvgIpc) is 2.49. The van der Waals surface area contributed by atoms with E-state index in [1.807, 2.05) is 36.1 Å². The topological polar surface area (TPSA) is 40.6 Å². The maximum Gasteiger partial charge on any atom is 0.235 e. The molecule has 0 spiro atoms. The molecule has 2 rings (SSSR count). The van der Waals surface area contributed by atoms with E-state index in [0.717, 1.165) is 11.3 Å². The van der Waals surface area contributed by atoms with Gasteiger partial charge >= 0.3 is 0 Å². The van der Waals surface area contributed by atoms with Crippen molar-refractivity contribution in [2.45, 2.75) is 17.1 Å². The Labute approximate surface area is 128 Å². The summed E-state index contributed by atoms with van der Waals surface area (Å²) in [6.45, 7) is 4.38. The monoisotopic (exact) mass is 312 g/mol. The zero-order valence-corrected chi connectivity index (χ0v) is 12.9. The van der Waals surface area contributed by atoms with Crippen LogP contribution in [0.3, 0.4) is 0 Å². The number of rotatable bonds is 4. The van der Waals surface area contributed by atoms with Gasteiger partial charge in [0.05, 0.1) is 5.25 Å². The van der Waals surface area contributed by atoms with Gasteiger partial charge in [-0.15, -0.1) is 11.8 Å². The molecule has 0 saturated carbocycles. The summed E-state index contributed by atoms with van der Waals surface area (Å²) >= 11 is 7.37. The second-order valence-electron chi connectivity index (χ2n) is 4.68. The molecule has 0 aliphatic carbocycles. The summed E-state index contributed by atoms with van der Waals surface area (Å²) in [5.41, 5.74) is 0. The van der Waals surface area contributed by atoms with Crippen LogP contribution in [0.15, 0.2) is 29.2 Å². The van der Waals surface area contributed by atoms with Gasteiger partial charge in [-0.05, 0) is 31.2 Å². The van der Waals surface area contributed by atoms with Crippen molar-refractivity contribution in [1.29, 1.82) is 0 Å². The van der Waals surface area contributed by atoms with Crippen molar-refractivity contribution in [3.63, 3.8) is 0 Å². The van der Waals surface area contributed by atoms with Gasteiger partial charge in [-0.25, -0.2) is 0 Å². The van der Waals surface area contributed by atoms with Crippen LogP contribution in [0.2, 0.25) is 5.02 Å². The van der Waals surface area contributed by atoms with Crippen molar-refractivity contribution in [1.82, 2.24) is 9.80 Å². The van der Waals surface area contributed by atoms with E-state index < -0.39 is 0 Å². The number of hydrogen-bond donors (Lipinski definition) is 0. The summed E-state index contributed by atoms with van der Waals surface area (Å²) < 4.78 is 0. The Kier molecular flexibility index (Phi) is 5.31. The van der Waals surface area contributed by atoms with E-state index in [-0.39, 0.29) is 11.2 Å². The van der Waals surface area contributed by atoms with Gasteiger partial charge in [-0.3, -0.25) is 9.59 Å². The molecule has 0 radical (unpaired) electrons. The van der Waals surface area contributed by atoms with E-state index in [2.05, 4.69) is 0 Å². The van der Waals surface area contributed by atoms with Crippen molar-refractivity contribution in [3.05, 3.63) is 29.3 Å². The van der Waals surface area contributed by atoms with Gasteiger partial charge in [0, 0.05) is 36.1 Å². The normalized spacial score (nSPS) is 16.9. The highest BCUT2D eigenvalue weighted by atomic mass is 35.5. The molecular formula is C14H17ClN2O2S. The minimum Gasteiger partial charge on any atom is -0.342 e. The van der Waals surface area contributed by atoms with E-state index in [1.54, 1.807) is 4.90 Å². The molecule has 0 unspecified atom stereocenters. The van der Waals surface area contributed by atoms with Crippen molar-refractivity contribution in [3.8, 4) is 0 Å². The van der Waals surface area contributed by atoms with E-state index in [4.69, 9.17) is 11.6 Å². The summed E-state index contributed by atoms with van der Waals surface area (Å²) in [6.07, 6.45) is 0.841. The number of thioether (sulfide) groups is 1. The van der Waals surface area contributed by atoms with E-state index in [9.17, 15) is 9.59 Å². The fourth-order valence-corrected chi connectivity index (χ4v) is 3.15. The first kappa shape index (κ1) is 15.2. The first-order valence-corrected chi connectivity index (χ1v) is 7.76. The maximum absolute atomic E-state index is 12.3. The Morgan fingerprint density at radius 3 is 2.40 bits per heavy atom. The van der Waals surface area contributed by atoms with Gasteiger partial charge < -0.3 is 9.80 Å². The van der Waals surface area contributed by atoms with Gasteiger partial charge in [0.2, 0.25) is 12.3 Å². The highest BCUT2D eigenvalue weighted by Gasteiger charge is 2.24. The standard InChI is InChI=1S/C14H17ClN2O2S/c1-11(20-13-4-2-12(15)3-5-13)14(19)17-8-6-16(10-18)7-9-17/h2-5,10-11H,6-9H2,1H3/t11-/m1/s1. The van der Waals surface area contributed by atoms with Crippen LogP contribution in [0.4, 0.5) is 0 Å². The number of benzene rings is 1. The molecule has 108 valence electrons. The minimum absolute atomic E-state index is 0.121. The van der Waals surface area contributed by atoms with Crippen LogP contribution >= 0.6 is 23.4 Å². The van der Waals surface area contributed by atoms with E-state index in [1.165, 1.54) is 11.8 Å². The van der Waals surface area contributed by atoms with Gasteiger partial charge in [-0.1, -0.05) is 11.6 Å². The first-order chi connectivity index (χ1) is 9.60. The quantitative estimate of drug-likeness (QED) is 0.631. The Bertz CT molecular complexity index is 473. The predicted molar refractivity (Wildman–Crippen MR) is 81.0 cm³/mol. The molecule has 1 aromatic carbocycles. The molecule has 20 heavy (non-hydrogen) atoms. The molecule has 0 bridgehead atoms. The average molecular weight is 313 g/mol. The molecule has 4 nitrogen and oxygen atoms in total. The number of nitrogens with zero attached hydrogens (tertiary/aromatic N) is 2. The highest BCUT2D eigenvalue weighted by molar-refractivity contribution is 8.00. The lowest BCUT2D eigenvalue weighted by Gasteiger charge is -2.33. The molecule has 1 fully saturated rings. The number of halogens is 1. The Hall–Kier alpha value is -1.20. The molecule has 1 heterocycles. The third-order valence-corrected chi connectivity index (χ3v) is 4.60. The predicted octanol–water partition coefficient (Wildman–Crippen LogP) is 2.12. The molecule has 0 aromatic heterocycles. The van der Waals surface area contributed by atoms with Gasteiger partial charge in [0.15, 0.2) is 0 Å². The molecule has 0 N–H and O–H groups in total. The molecule has 1 saturated heterocycles. The molecule has 6 heteroatoms. The Morgan fingerprint density at radius 2 is 1.85 bits per heavy atom. The van der Waals surface area contributed by atoms with Gasteiger partial charge in [0.25, 0.3) is 0 Å². The molecule has 2 amide bonds. The SMILES string of the molecule is C[C@@H](Sc1ccc(Cl)cc1)C(=O)N1CCN(C=O)CC1. The molecule has 1 aromatic rings. The number of piperazine rings is 1. The summed E-state index contributed by atoms with van der Waals surface area (Å²) in [5, 5.41) is 0.553. The van der Waals surface area contributed by atoms with Crippen LogP contribution in [0.5, 0.6) is 0 Å². The van der Waals surface area contributed by atoms with Crippen LogP contribution < -0.4 is 0 Å². The summed E-state index contributed by atoms with van der Waals surface area (Å²) in [6, 6.07) is 7.48. The number of amides is 2. The number of hydrogen-bond acceptors (Lipinski definition) is 3. The Balaban J connectivity index is 1.89. The fraction of sp³-hybridized carbons (Fsp3) is 0.429. The molecule has 1 aliphatic rings. The second kappa shape index (κ2) is 6.99. The van der Waals surface area contributed by atoms with Crippen molar-refractivity contribution in [2.24, 2.45) is 0 Å². The minimum atomic E-state index is -0.140. The zero-order chi connectivity index (χ0) is 14.5. The summed E-state index contributed by atoms with van der Waals surface area (Å²) in [5.74, 6) is 0.121. The summed E-state index contributed by atoms with van der Waals surface area (Å²) in [7, 11) is 0. The molecule has 1 aliphatic heterocycles. The largest absolute Gasteiger partial charge is 0.342 e. The van der Waals surface area contributed by atoms with Crippen LogP contribution in [-0.4, -0.2) is 53.5 Å². The lowest BCUT2D eigenvalue weighted by molar-refractivity contribution is -0.134. The van der Waals surface area contributed by atoms with Gasteiger partial charge in [0.1, 0.15) is 0 Å². The van der Waals surface area contributed by atoms with Crippen molar-refractivity contribution >= 4 is 35.7 Å². The van der Waals surface area contributed by atoms with Crippen molar-refractivity contribution in [2.75, 3.05) is 26.2 Å². The van der Waals surface area contributed by atoms with Crippen LogP contribution in [-0.2, 0) is 9.59 Å². The van der Waals surface area contributed by atoms with Crippen LogP contribution in [0.25, 0.3) is 0 Å². The second-order valence-corrected chi connectivity index (χ2v) is 6.53. The molecule has 1 atom stereocenters. The number of carbonyl (C=O) groups is 2. The van der Waals surface area contributed by atoms with Crippen LogP contribution in [0.1, 0.15) is 6.92 Å². The lowest BCUT2D eigenvalue weighted by Crippen LogP contribution is -2.50. The summed E-state index contributed by atoms with van der Waals surface area (Å²) in [4.78, 5) is 27.5. The smallest absolute Gasteiger partial charge is 0.235 e.